The molecule has 1 rings (SSSR count). The van der Waals surface area contributed by atoms with Crippen LogP contribution in [-0.4, -0.2) is 46.0 Å². The Labute approximate surface area is 117 Å². The fourth-order valence-electron chi connectivity index (χ4n) is 1.67. The molecule has 0 aliphatic rings. The molecule has 19 heavy (non-hydrogen) atoms. The van der Waals surface area contributed by atoms with Crippen LogP contribution in [0.5, 0.6) is 0 Å². The molecule has 1 aromatic heterocycles. The van der Waals surface area contributed by atoms with Crippen LogP contribution in [0.4, 0.5) is 0 Å². The average molecular weight is 306 g/mol. The molecule has 0 aliphatic carbocycles. The number of sulfonamides is 1. The summed E-state index contributed by atoms with van der Waals surface area (Å²) in [4.78, 5) is 13.9. The number of nitrogens with zero attached hydrogens (tertiary/aromatic N) is 1. The molecule has 0 saturated heterocycles. The largest absolute Gasteiger partial charge is 0.383 e. The van der Waals surface area contributed by atoms with Crippen LogP contribution in [0.3, 0.4) is 0 Å². The van der Waals surface area contributed by atoms with Gasteiger partial charge < -0.3 is 9.64 Å². The Morgan fingerprint density at radius 3 is 2.58 bits per heavy atom. The van der Waals surface area contributed by atoms with Gasteiger partial charge in [-0.25, -0.2) is 13.6 Å². The lowest BCUT2D eigenvalue weighted by molar-refractivity contribution is 0.0706. The third kappa shape index (κ3) is 3.75. The molecule has 0 atom stereocenters. The normalized spacial score (nSPS) is 11.6. The van der Waals surface area contributed by atoms with Gasteiger partial charge in [0.05, 0.1) is 12.2 Å². The highest BCUT2D eigenvalue weighted by Crippen LogP contribution is 2.26. The quantitative estimate of drug-likeness (QED) is 0.842. The van der Waals surface area contributed by atoms with Crippen molar-refractivity contribution in [3.05, 3.63) is 16.5 Å². The van der Waals surface area contributed by atoms with Gasteiger partial charge >= 0.3 is 0 Å². The van der Waals surface area contributed by atoms with Crippen molar-refractivity contribution in [1.29, 1.82) is 0 Å². The van der Waals surface area contributed by atoms with Crippen LogP contribution in [0.1, 0.15) is 22.8 Å². The first-order chi connectivity index (χ1) is 8.82. The highest BCUT2D eigenvalue weighted by Gasteiger charge is 2.23. The predicted octanol–water partition coefficient (Wildman–Crippen LogP) is 0.812. The molecule has 0 aliphatic heterocycles. The Hall–Kier alpha value is -0.960. The molecular weight excluding hydrogens is 288 g/mol. The number of primary sulfonamides is 1. The summed E-state index contributed by atoms with van der Waals surface area (Å²) in [5.74, 6) is -0.205. The number of ether oxygens (including phenoxy) is 1. The van der Waals surface area contributed by atoms with Crippen molar-refractivity contribution in [3.63, 3.8) is 0 Å². The first-order valence-corrected chi connectivity index (χ1v) is 8.14. The maximum Gasteiger partial charge on any atom is 0.255 e. The van der Waals surface area contributed by atoms with E-state index in [1.165, 1.54) is 5.38 Å². The van der Waals surface area contributed by atoms with Gasteiger partial charge in [-0.15, -0.1) is 11.3 Å². The lowest BCUT2D eigenvalue weighted by Crippen LogP contribution is -2.33. The average Bonchev–Trinajstić information content (AvgIpc) is 2.71. The monoisotopic (exact) mass is 306 g/mol. The first kappa shape index (κ1) is 16.1. The van der Waals surface area contributed by atoms with Crippen molar-refractivity contribution in [2.24, 2.45) is 5.14 Å². The SMILES string of the molecule is CCN(CCOC)C(=O)c1csc(S(N)(=O)=O)c1C. The zero-order valence-electron chi connectivity index (χ0n) is 11.2. The molecule has 8 heteroatoms. The number of hydrogen-bond acceptors (Lipinski definition) is 5. The summed E-state index contributed by atoms with van der Waals surface area (Å²) in [5.41, 5.74) is 0.792. The van der Waals surface area contributed by atoms with Crippen molar-refractivity contribution >= 4 is 27.3 Å². The van der Waals surface area contributed by atoms with E-state index in [-0.39, 0.29) is 10.1 Å². The molecule has 1 amide bonds. The van der Waals surface area contributed by atoms with Crippen LogP contribution in [0.25, 0.3) is 0 Å². The van der Waals surface area contributed by atoms with Gasteiger partial charge in [-0.05, 0) is 19.4 Å². The second kappa shape index (κ2) is 6.47. The van der Waals surface area contributed by atoms with Crippen LogP contribution in [-0.2, 0) is 14.8 Å². The Morgan fingerprint density at radius 2 is 2.16 bits per heavy atom. The van der Waals surface area contributed by atoms with Gasteiger partial charge in [-0.1, -0.05) is 0 Å². The number of hydrogen-bond donors (Lipinski definition) is 1. The molecule has 0 fully saturated rings. The smallest absolute Gasteiger partial charge is 0.255 e. The Morgan fingerprint density at radius 1 is 1.53 bits per heavy atom. The summed E-state index contributed by atoms with van der Waals surface area (Å²) in [6, 6.07) is 0. The molecule has 2 N–H and O–H groups in total. The second-order valence-electron chi connectivity index (χ2n) is 3.98. The summed E-state index contributed by atoms with van der Waals surface area (Å²) in [6.45, 7) is 4.88. The lowest BCUT2D eigenvalue weighted by atomic mass is 10.2. The number of nitrogens with two attached hydrogens (primary N) is 1. The number of carbonyl (C=O) groups excluding carboxylic acids is 1. The molecule has 0 unspecified atom stereocenters. The summed E-state index contributed by atoms with van der Waals surface area (Å²) in [6.07, 6.45) is 0. The fraction of sp³-hybridized carbons (Fsp3) is 0.545. The van der Waals surface area contributed by atoms with Gasteiger partial charge in [-0.2, -0.15) is 0 Å². The van der Waals surface area contributed by atoms with E-state index < -0.39 is 10.0 Å². The molecule has 6 nitrogen and oxygen atoms in total. The summed E-state index contributed by atoms with van der Waals surface area (Å²) < 4.78 is 27.7. The number of rotatable bonds is 6. The molecule has 0 radical (unpaired) electrons. The van der Waals surface area contributed by atoms with Gasteiger partial charge in [-0.3, -0.25) is 4.79 Å². The zero-order chi connectivity index (χ0) is 14.6. The van der Waals surface area contributed by atoms with E-state index in [0.717, 1.165) is 11.3 Å². The lowest BCUT2D eigenvalue weighted by Gasteiger charge is -2.20. The summed E-state index contributed by atoms with van der Waals surface area (Å²) in [7, 11) is -2.21. The maximum atomic E-state index is 12.3. The number of methoxy groups -OCH3 is 1. The van der Waals surface area contributed by atoms with E-state index in [9.17, 15) is 13.2 Å². The molecule has 0 spiro atoms. The van der Waals surface area contributed by atoms with E-state index in [0.29, 0.717) is 30.8 Å². The summed E-state index contributed by atoms with van der Waals surface area (Å²) >= 11 is 0.971. The molecule has 0 aromatic carbocycles. The van der Waals surface area contributed by atoms with E-state index >= 15 is 0 Å². The van der Waals surface area contributed by atoms with Crippen molar-refractivity contribution < 1.29 is 17.9 Å². The minimum atomic E-state index is -3.77. The van der Waals surface area contributed by atoms with Gasteiger partial charge in [0.2, 0.25) is 10.0 Å². The zero-order valence-corrected chi connectivity index (χ0v) is 12.8. The van der Waals surface area contributed by atoms with Gasteiger partial charge in [0.25, 0.3) is 5.91 Å². The van der Waals surface area contributed by atoms with Crippen LogP contribution in [0.15, 0.2) is 9.59 Å². The molecule has 1 heterocycles. The van der Waals surface area contributed by atoms with Crippen LogP contribution in [0, 0.1) is 6.92 Å². The highest BCUT2D eigenvalue weighted by atomic mass is 32.2. The van der Waals surface area contributed by atoms with Crippen molar-refractivity contribution in [3.8, 4) is 0 Å². The Kier molecular flexibility index (Phi) is 5.48. The van der Waals surface area contributed by atoms with Crippen LogP contribution in [0.2, 0.25) is 0 Å². The van der Waals surface area contributed by atoms with Crippen LogP contribution >= 0.6 is 11.3 Å². The molecule has 0 saturated carbocycles. The minimum absolute atomic E-state index is 0.0404. The maximum absolute atomic E-state index is 12.3. The number of likely N-dealkylation sites (N-methyl/N-ethyl adjacent to an activating group) is 1. The Bertz CT molecular complexity index is 551. The molecule has 1 aromatic rings. The van der Waals surface area contributed by atoms with Crippen molar-refractivity contribution in [2.45, 2.75) is 18.1 Å². The molecule has 108 valence electrons. The van der Waals surface area contributed by atoms with E-state index in [4.69, 9.17) is 9.88 Å². The predicted molar refractivity (Wildman–Crippen MR) is 73.9 cm³/mol. The van der Waals surface area contributed by atoms with Crippen molar-refractivity contribution in [2.75, 3.05) is 26.8 Å². The van der Waals surface area contributed by atoms with Crippen LogP contribution < -0.4 is 5.14 Å². The highest BCUT2D eigenvalue weighted by molar-refractivity contribution is 7.91. The van der Waals surface area contributed by atoms with E-state index in [2.05, 4.69) is 0 Å². The fourth-order valence-corrected chi connectivity index (χ4v) is 3.67. The number of thiophene rings is 1. The standard InChI is InChI=1S/C11H18N2O4S2/c1-4-13(5-6-17-3)10(14)9-7-18-11(8(9)2)19(12,15)16/h7H,4-6H2,1-3H3,(H2,12,15,16). The van der Waals surface area contributed by atoms with Gasteiger partial charge in [0, 0.05) is 25.6 Å². The van der Waals surface area contributed by atoms with E-state index in [1.54, 1.807) is 18.9 Å². The third-order valence-corrected chi connectivity index (χ3v) is 5.40. The van der Waals surface area contributed by atoms with Gasteiger partial charge in [0.1, 0.15) is 4.21 Å². The van der Waals surface area contributed by atoms with E-state index in [1.807, 2.05) is 6.92 Å². The minimum Gasteiger partial charge on any atom is -0.383 e. The number of carbonyl (C=O) groups is 1. The topological polar surface area (TPSA) is 89.7 Å². The second-order valence-corrected chi connectivity index (χ2v) is 6.62. The molecule has 0 bridgehead atoms. The van der Waals surface area contributed by atoms with Crippen molar-refractivity contribution in [1.82, 2.24) is 4.90 Å². The molecular formula is C11H18N2O4S2. The Balaban J connectivity index is 3.03. The number of amides is 1. The summed E-state index contributed by atoms with van der Waals surface area (Å²) in [5, 5.41) is 6.63. The van der Waals surface area contributed by atoms with Gasteiger partial charge in [0.15, 0.2) is 0 Å². The first-order valence-electron chi connectivity index (χ1n) is 5.72. The third-order valence-electron chi connectivity index (χ3n) is 2.72.